The Kier molecular flexibility index (Phi) is 4.70. The molecule has 4 nitrogen and oxygen atoms in total. The molecule has 0 aliphatic rings. The van der Waals surface area contributed by atoms with Crippen molar-refractivity contribution in [1.29, 1.82) is 0 Å². The number of hydrogen-bond acceptors (Lipinski definition) is 2. The molecular weight excluding hydrogens is 320 g/mol. The van der Waals surface area contributed by atoms with Crippen LogP contribution in [0.25, 0.3) is 10.9 Å². The fraction of sp³-hybridized carbons (Fsp3) is 0.158. The van der Waals surface area contributed by atoms with Gasteiger partial charge in [0, 0.05) is 23.6 Å². The highest BCUT2D eigenvalue weighted by molar-refractivity contribution is 7.89. The van der Waals surface area contributed by atoms with Crippen LogP contribution >= 0.6 is 0 Å². The zero-order valence-electron chi connectivity index (χ0n) is 13.1. The van der Waals surface area contributed by atoms with E-state index in [9.17, 15) is 8.42 Å². The lowest BCUT2D eigenvalue weighted by molar-refractivity contribution is 0.450. The van der Waals surface area contributed by atoms with E-state index < -0.39 is 10.0 Å². The number of fused-ring (bicyclic) bond motifs is 1. The molecule has 0 aliphatic heterocycles. The Labute approximate surface area is 142 Å². The Morgan fingerprint density at radius 2 is 1.75 bits per heavy atom. The minimum absolute atomic E-state index is 0.0551. The van der Waals surface area contributed by atoms with E-state index in [4.69, 9.17) is 6.42 Å². The van der Waals surface area contributed by atoms with Crippen LogP contribution in [0.1, 0.15) is 5.56 Å². The van der Waals surface area contributed by atoms with E-state index in [0.29, 0.717) is 13.0 Å². The van der Waals surface area contributed by atoms with Gasteiger partial charge in [-0.3, -0.25) is 0 Å². The first kappa shape index (κ1) is 16.3. The van der Waals surface area contributed by atoms with E-state index in [2.05, 4.69) is 10.9 Å². The van der Waals surface area contributed by atoms with Crippen molar-refractivity contribution in [3.63, 3.8) is 0 Å². The molecule has 0 bridgehead atoms. The lowest BCUT2D eigenvalue weighted by Gasteiger charge is -2.19. The van der Waals surface area contributed by atoms with Gasteiger partial charge in [0.25, 0.3) is 0 Å². The molecule has 0 amide bonds. The summed E-state index contributed by atoms with van der Waals surface area (Å²) in [4.78, 5) is 3.47. The number of nitrogens with zero attached hydrogens (tertiary/aromatic N) is 1. The minimum atomic E-state index is -3.59. The van der Waals surface area contributed by atoms with Crippen molar-refractivity contribution in [3.05, 3.63) is 66.4 Å². The van der Waals surface area contributed by atoms with Crippen LogP contribution in [0.15, 0.2) is 65.7 Å². The largest absolute Gasteiger partial charge is 0.361 e. The topological polar surface area (TPSA) is 53.2 Å². The standard InChI is InChI=1S/C19H18N2O2S/c1-2-13-21(24(22,23)17-8-4-3-5-9-17)14-12-16-15-20-19-11-7-6-10-18(16)19/h1,3-11,15,20H,12-14H2. The summed E-state index contributed by atoms with van der Waals surface area (Å²) in [6.07, 6.45) is 7.90. The molecule has 3 aromatic rings. The molecule has 1 heterocycles. The molecule has 5 heteroatoms. The van der Waals surface area contributed by atoms with Crippen molar-refractivity contribution in [1.82, 2.24) is 9.29 Å². The number of aromatic nitrogens is 1. The van der Waals surface area contributed by atoms with Crippen molar-refractivity contribution in [3.8, 4) is 12.3 Å². The average molecular weight is 338 g/mol. The Bertz CT molecular complexity index is 969. The first-order chi connectivity index (χ1) is 11.6. The predicted octanol–water partition coefficient (Wildman–Crippen LogP) is 3.03. The summed E-state index contributed by atoms with van der Waals surface area (Å²) in [6, 6.07) is 16.3. The molecule has 0 spiro atoms. The number of nitrogens with one attached hydrogen (secondary N) is 1. The van der Waals surface area contributed by atoms with E-state index in [1.807, 2.05) is 30.5 Å². The van der Waals surface area contributed by atoms with Crippen LogP contribution in [0, 0.1) is 12.3 Å². The van der Waals surface area contributed by atoms with Gasteiger partial charge in [-0.05, 0) is 30.2 Å². The van der Waals surface area contributed by atoms with Crippen LogP contribution < -0.4 is 0 Å². The van der Waals surface area contributed by atoms with Gasteiger partial charge in [0.1, 0.15) is 0 Å². The van der Waals surface area contributed by atoms with Gasteiger partial charge in [-0.25, -0.2) is 8.42 Å². The van der Waals surface area contributed by atoms with Crippen LogP contribution in [0.2, 0.25) is 0 Å². The molecule has 0 unspecified atom stereocenters. The molecule has 122 valence electrons. The zero-order chi connectivity index (χ0) is 17.0. The van der Waals surface area contributed by atoms with Crippen LogP contribution in [0.3, 0.4) is 0 Å². The molecule has 0 fully saturated rings. The number of rotatable bonds is 6. The summed E-state index contributed by atoms with van der Waals surface area (Å²) in [6.45, 7) is 0.392. The quantitative estimate of drug-likeness (QED) is 0.703. The first-order valence-electron chi connectivity index (χ1n) is 7.66. The van der Waals surface area contributed by atoms with E-state index >= 15 is 0 Å². The van der Waals surface area contributed by atoms with Gasteiger partial charge >= 0.3 is 0 Å². The molecule has 1 aromatic heterocycles. The van der Waals surface area contributed by atoms with E-state index in [1.54, 1.807) is 30.3 Å². The Morgan fingerprint density at radius 3 is 2.50 bits per heavy atom. The van der Waals surface area contributed by atoms with Gasteiger partial charge in [0.15, 0.2) is 0 Å². The number of terminal acetylenes is 1. The van der Waals surface area contributed by atoms with Crippen LogP contribution in [0.4, 0.5) is 0 Å². The fourth-order valence-corrected chi connectivity index (χ4v) is 4.09. The fourth-order valence-electron chi connectivity index (χ4n) is 2.71. The van der Waals surface area contributed by atoms with Crippen molar-refractivity contribution in [2.24, 2.45) is 0 Å². The number of aromatic amines is 1. The SMILES string of the molecule is C#CCN(CCc1c[nH]c2ccccc12)S(=O)(=O)c1ccccc1. The van der Waals surface area contributed by atoms with E-state index in [-0.39, 0.29) is 11.4 Å². The van der Waals surface area contributed by atoms with Gasteiger partial charge in [-0.1, -0.05) is 42.3 Å². The summed E-state index contributed by atoms with van der Waals surface area (Å²) in [5, 5.41) is 1.11. The highest BCUT2D eigenvalue weighted by atomic mass is 32.2. The highest BCUT2D eigenvalue weighted by Gasteiger charge is 2.23. The maximum absolute atomic E-state index is 12.8. The van der Waals surface area contributed by atoms with Crippen molar-refractivity contribution in [2.75, 3.05) is 13.1 Å². The number of para-hydroxylation sites is 1. The third kappa shape index (κ3) is 3.21. The number of benzene rings is 2. The second-order valence-corrected chi connectivity index (χ2v) is 7.40. The van der Waals surface area contributed by atoms with E-state index in [1.165, 1.54) is 4.31 Å². The maximum Gasteiger partial charge on any atom is 0.243 e. The van der Waals surface area contributed by atoms with Crippen molar-refractivity contribution < 1.29 is 8.42 Å². The van der Waals surface area contributed by atoms with Crippen molar-refractivity contribution in [2.45, 2.75) is 11.3 Å². The molecule has 3 rings (SSSR count). The molecule has 0 radical (unpaired) electrons. The van der Waals surface area contributed by atoms with E-state index in [0.717, 1.165) is 16.5 Å². The molecule has 0 saturated heterocycles. The van der Waals surface area contributed by atoms with Gasteiger partial charge < -0.3 is 4.98 Å². The maximum atomic E-state index is 12.8. The summed E-state index contributed by atoms with van der Waals surface area (Å²) in [5.74, 6) is 2.45. The molecule has 1 N–H and O–H groups in total. The third-order valence-corrected chi connectivity index (χ3v) is 5.81. The van der Waals surface area contributed by atoms with Gasteiger partial charge in [0.05, 0.1) is 11.4 Å². The number of hydrogen-bond donors (Lipinski definition) is 1. The normalized spacial score (nSPS) is 11.7. The number of H-pyrrole nitrogens is 1. The summed E-state index contributed by atoms with van der Waals surface area (Å²) < 4.78 is 26.9. The van der Waals surface area contributed by atoms with Gasteiger partial charge in [-0.2, -0.15) is 4.31 Å². The Morgan fingerprint density at radius 1 is 1.04 bits per heavy atom. The average Bonchev–Trinajstić information content (AvgIpc) is 3.02. The van der Waals surface area contributed by atoms with Crippen LogP contribution in [-0.2, 0) is 16.4 Å². The van der Waals surface area contributed by atoms with Gasteiger partial charge in [-0.15, -0.1) is 6.42 Å². The monoisotopic (exact) mass is 338 g/mol. The predicted molar refractivity (Wildman–Crippen MR) is 96.0 cm³/mol. The number of sulfonamides is 1. The Hall–Kier alpha value is -2.55. The van der Waals surface area contributed by atoms with Crippen molar-refractivity contribution >= 4 is 20.9 Å². The summed E-state index contributed by atoms with van der Waals surface area (Å²) >= 11 is 0. The molecule has 24 heavy (non-hydrogen) atoms. The summed E-state index contributed by atoms with van der Waals surface area (Å²) in [7, 11) is -3.59. The smallest absolute Gasteiger partial charge is 0.243 e. The molecule has 0 saturated carbocycles. The lowest BCUT2D eigenvalue weighted by Crippen LogP contribution is -2.33. The second kappa shape index (κ2) is 6.91. The van der Waals surface area contributed by atoms with Crippen LogP contribution in [-0.4, -0.2) is 30.8 Å². The first-order valence-corrected chi connectivity index (χ1v) is 9.10. The zero-order valence-corrected chi connectivity index (χ0v) is 14.0. The lowest BCUT2D eigenvalue weighted by atomic mass is 10.1. The third-order valence-electron chi connectivity index (χ3n) is 3.95. The molecular formula is C19H18N2O2S. The van der Waals surface area contributed by atoms with Gasteiger partial charge in [0.2, 0.25) is 10.0 Å². The summed E-state index contributed by atoms with van der Waals surface area (Å²) in [5.41, 5.74) is 2.12. The Balaban J connectivity index is 1.83. The molecule has 2 aromatic carbocycles. The molecule has 0 atom stereocenters. The molecule has 0 aliphatic carbocycles. The minimum Gasteiger partial charge on any atom is -0.361 e. The second-order valence-electron chi connectivity index (χ2n) is 5.47. The highest BCUT2D eigenvalue weighted by Crippen LogP contribution is 2.20. The van der Waals surface area contributed by atoms with Crippen LogP contribution in [0.5, 0.6) is 0 Å².